The highest BCUT2D eigenvalue weighted by atomic mass is 16.5. The Morgan fingerprint density at radius 3 is 3.27 bits per heavy atom. The Bertz CT molecular complexity index is 396. The van der Waals surface area contributed by atoms with Gasteiger partial charge in [0.25, 0.3) is 0 Å². The number of rotatable bonds is 3. The highest BCUT2D eigenvalue weighted by Crippen LogP contribution is 2.25. The summed E-state index contributed by atoms with van der Waals surface area (Å²) in [6.07, 6.45) is 2.41. The molecule has 0 spiro atoms. The van der Waals surface area contributed by atoms with E-state index in [4.69, 9.17) is 9.47 Å². The summed E-state index contributed by atoms with van der Waals surface area (Å²) >= 11 is 0. The van der Waals surface area contributed by atoms with E-state index in [2.05, 4.69) is 6.58 Å². The predicted molar refractivity (Wildman–Crippen MR) is 56.1 cm³/mol. The second-order valence-electron chi connectivity index (χ2n) is 3.31. The minimum absolute atomic E-state index is 0.242. The monoisotopic (exact) mass is 204 g/mol. The van der Waals surface area contributed by atoms with E-state index >= 15 is 0 Å². The molecule has 78 valence electrons. The third-order valence-electron chi connectivity index (χ3n) is 2.26. The molecule has 0 saturated heterocycles. The van der Waals surface area contributed by atoms with Crippen molar-refractivity contribution in [2.75, 3.05) is 13.2 Å². The molecule has 1 aromatic carbocycles. The van der Waals surface area contributed by atoms with Gasteiger partial charge in [-0.25, -0.2) is 4.79 Å². The molecule has 1 aliphatic rings. The average molecular weight is 204 g/mol. The largest absolute Gasteiger partial charge is 0.493 e. The van der Waals surface area contributed by atoms with Crippen LogP contribution < -0.4 is 4.74 Å². The summed E-state index contributed by atoms with van der Waals surface area (Å²) in [5.41, 5.74) is 1.64. The maximum Gasteiger partial charge on any atom is 0.338 e. The smallest absolute Gasteiger partial charge is 0.338 e. The van der Waals surface area contributed by atoms with Crippen LogP contribution >= 0.6 is 0 Å². The van der Waals surface area contributed by atoms with Crippen molar-refractivity contribution >= 4 is 5.97 Å². The third-order valence-corrected chi connectivity index (χ3v) is 2.26. The van der Waals surface area contributed by atoms with Gasteiger partial charge in [-0.3, -0.25) is 0 Å². The lowest BCUT2D eigenvalue weighted by atomic mass is 10.1. The van der Waals surface area contributed by atoms with Crippen LogP contribution in [0.1, 0.15) is 15.9 Å². The Kier molecular flexibility index (Phi) is 2.72. The molecule has 0 fully saturated rings. The van der Waals surface area contributed by atoms with Crippen LogP contribution in [0.25, 0.3) is 0 Å². The van der Waals surface area contributed by atoms with Gasteiger partial charge in [0.05, 0.1) is 12.2 Å². The fourth-order valence-corrected chi connectivity index (χ4v) is 1.53. The molecule has 0 aliphatic carbocycles. The molecule has 0 aromatic heterocycles. The summed E-state index contributed by atoms with van der Waals surface area (Å²) in [7, 11) is 0. The molecule has 0 atom stereocenters. The standard InChI is InChI=1S/C12H12O3/c1-2-6-15-12(13)10-3-4-11-9(8-10)5-7-14-11/h2-4,8H,1,5-7H2. The van der Waals surface area contributed by atoms with Crippen LogP contribution in [0.5, 0.6) is 5.75 Å². The molecule has 3 heteroatoms. The number of ether oxygens (including phenoxy) is 2. The fraction of sp³-hybridized carbons (Fsp3) is 0.250. The van der Waals surface area contributed by atoms with E-state index in [9.17, 15) is 4.79 Å². The van der Waals surface area contributed by atoms with Gasteiger partial charge in [0, 0.05) is 6.42 Å². The molecule has 0 N–H and O–H groups in total. The first-order valence-electron chi connectivity index (χ1n) is 4.85. The van der Waals surface area contributed by atoms with Crippen molar-refractivity contribution in [2.45, 2.75) is 6.42 Å². The molecule has 0 bridgehead atoms. The van der Waals surface area contributed by atoms with Crippen molar-refractivity contribution in [1.82, 2.24) is 0 Å². The topological polar surface area (TPSA) is 35.5 Å². The maximum absolute atomic E-state index is 11.5. The summed E-state index contributed by atoms with van der Waals surface area (Å²) in [6.45, 7) is 4.42. The van der Waals surface area contributed by atoms with Crippen LogP contribution in [-0.4, -0.2) is 19.2 Å². The van der Waals surface area contributed by atoms with E-state index in [1.54, 1.807) is 12.1 Å². The van der Waals surface area contributed by atoms with Gasteiger partial charge in [-0.05, 0) is 23.8 Å². The first kappa shape index (κ1) is 9.77. The number of esters is 1. The van der Waals surface area contributed by atoms with Crippen molar-refractivity contribution in [3.05, 3.63) is 42.0 Å². The van der Waals surface area contributed by atoms with Crippen LogP contribution in [0.15, 0.2) is 30.9 Å². The number of carbonyl (C=O) groups excluding carboxylic acids is 1. The molecule has 1 heterocycles. The van der Waals surface area contributed by atoms with Crippen molar-refractivity contribution in [3.8, 4) is 5.75 Å². The summed E-state index contributed by atoms with van der Waals surface area (Å²) in [5, 5.41) is 0. The number of fused-ring (bicyclic) bond motifs is 1. The van der Waals surface area contributed by atoms with E-state index in [0.29, 0.717) is 12.2 Å². The Hall–Kier alpha value is -1.77. The minimum Gasteiger partial charge on any atom is -0.493 e. The lowest BCUT2D eigenvalue weighted by Gasteiger charge is -2.03. The Labute approximate surface area is 88.3 Å². The molecule has 0 radical (unpaired) electrons. The highest BCUT2D eigenvalue weighted by molar-refractivity contribution is 5.90. The van der Waals surface area contributed by atoms with Gasteiger partial charge in [0.2, 0.25) is 0 Å². The zero-order valence-corrected chi connectivity index (χ0v) is 8.36. The van der Waals surface area contributed by atoms with E-state index in [1.807, 2.05) is 12.1 Å². The Balaban J connectivity index is 2.15. The van der Waals surface area contributed by atoms with Gasteiger partial charge in [-0.1, -0.05) is 12.7 Å². The molecule has 15 heavy (non-hydrogen) atoms. The highest BCUT2D eigenvalue weighted by Gasteiger charge is 2.15. The molecular formula is C12H12O3. The molecule has 2 rings (SSSR count). The van der Waals surface area contributed by atoms with Gasteiger partial charge >= 0.3 is 5.97 Å². The van der Waals surface area contributed by atoms with Crippen LogP contribution in [0.3, 0.4) is 0 Å². The van der Waals surface area contributed by atoms with E-state index < -0.39 is 0 Å². The summed E-state index contributed by atoms with van der Waals surface area (Å²) in [6, 6.07) is 5.36. The zero-order chi connectivity index (χ0) is 10.7. The molecular weight excluding hydrogens is 192 g/mol. The van der Waals surface area contributed by atoms with Gasteiger partial charge in [0.15, 0.2) is 0 Å². The maximum atomic E-state index is 11.5. The zero-order valence-electron chi connectivity index (χ0n) is 8.36. The van der Waals surface area contributed by atoms with Crippen LogP contribution in [-0.2, 0) is 11.2 Å². The van der Waals surface area contributed by atoms with Crippen LogP contribution in [0.2, 0.25) is 0 Å². The normalized spacial score (nSPS) is 12.8. The molecule has 0 amide bonds. The van der Waals surface area contributed by atoms with E-state index in [0.717, 1.165) is 17.7 Å². The van der Waals surface area contributed by atoms with E-state index in [1.165, 1.54) is 0 Å². The second kappa shape index (κ2) is 4.17. The minimum atomic E-state index is -0.315. The summed E-state index contributed by atoms with van der Waals surface area (Å²) < 4.78 is 10.3. The quantitative estimate of drug-likeness (QED) is 0.557. The predicted octanol–water partition coefficient (Wildman–Crippen LogP) is 1.96. The van der Waals surface area contributed by atoms with Gasteiger partial charge in [-0.2, -0.15) is 0 Å². The fourth-order valence-electron chi connectivity index (χ4n) is 1.53. The van der Waals surface area contributed by atoms with Crippen molar-refractivity contribution in [2.24, 2.45) is 0 Å². The van der Waals surface area contributed by atoms with Gasteiger partial charge in [0.1, 0.15) is 12.4 Å². The Morgan fingerprint density at radius 2 is 2.47 bits per heavy atom. The van der Waals surface area contributed by atoms with Gasteiger partial charge < -0.3 is 9.47 Å². The van der Waals surface area contributed by atoms with Crippen molar-refractivity contribution in [1.29, 1.82) is 0 Å². The molecule has 1 aliphatic heterocycles. The summed E-state index contributed by atoms with van der Waals surface area (Å²) in [5.74, 6) is 0.555. The van der Waals surface area contributed by atoms with E-state index in [-0.39, 0.29) is 12.6 Å². The molecule has 1 aromatic rings. The molecule has 0 unspecified atom stereocenters. The van der Waals surface area contributed by atoms with Crippen molar-refractivity contribution < 1.29 is 14.3 Å². The number of carbonyl (C=O) groups is 1. The number of benzene rings is 1. The first-order valence-corrected chi connectivity index (χ1v) is 4.85. The first-order chi connectivity index (χ1) is 7.31. The molecule has 0 saturated carbocycles. The SMILES string of the molecule is C=CCOC(=O)c1ccc2c(c1)CCO2. The average Bonchev–Trinajstić information content (AvgIpc) is 2.72. The second-order valence-corrected chi connectivity index (χ2v) is 3.31. The molecule has 3 nitrogen and oxygen atoms in total. The lowest BCUT2D eigenvalue weighted by Crippen LogP contribution is -2.05. The number of hydrogen-bond acceptors (Lipinski definition) is 3. The summed E-state index contributed by atoms with van der Waals surface area (Å²) in [4.78, 5) is 11.5. The van der Waals surface area contributed by atoms with Crippen LogP contribution in [0, 0.1) is 0 Å². The lowest BCUT2D eigenvalue weighted by molar-refractivity contribution is 0.0549. The third kappa shape index (κ3) is 2.01. The van der Waals surface area contributed by atoms with Crippen molar-refractivity contribution in [3.63, 3.8) is 0 Å². The Morgan fingerprint density at radius 1 is 1.60 bits per heavy atom. The van der Waals surface area contributed by atoms with Crippen LogP contribution in [0.4, 0.5) is 0 Å². The number of hydrogen-bond donors (Lipinski definition) is 0. The van der Waals surface area contributed by atoms with Gasteiger partial charge in [-0.15, -0.1) is 0 Å².